The van der Waals surface area contributed by atoms with Crippen molar-refractivity contribution in [3.05, 3.63) is 99.9 Å². The van der Waals surface area contributed by atoms with E-state index in [1.165, 1.54) is 12.1 Å². The molecule has 2 aromatic carbocycles. The molecule has 2 heterocycles. The van der Waals surface area contributed by atoms with Crippen LogP contribution in [0.3, 0.4) is 0 Å². The summed E-state index contributed by atoms with van der Waals surface area (Å²) in [6, 6.07) is 19.8. The molecule has 0 fully saturated rings. The van der Waals surface area contributed by atoms with Gasteiger partial charge in [0.2, 0.25) is 5.91 Å². The summed E-state index contributed by atoms with van der Waals surface area (Å²) >= 11 is 1.55. The van der Waals surface area contributed by atoms with E-state index >= 15 is 0 Å². The van der Waals surface area contributed by atoms with Crippen molar-refractivity contribution in [3.63, 3.8) is 0 Å². The molecule has 0 aliphatic heterocycles. The lowest BCUT2D eigenvalue weighted by Gasteiger charge is -2.18. The smallest absolute Gasteiger partial charge is 0.345 e. The van der Waals surface area contributed by atoms with E-state index in [0.29, 0.717) is 37.2 Å². The topological polar surface area (TPSA) is 54.3 Å². The first-order chi connectivity index (χ1) is 18.1. The maximum atomic E-state index is 13.2. The lowest BCUT2D eigenvalue weighted by atomic mass is 10.1. The zero-order valence-electron chi connectivity index (χ0n) is 21.1. The van der Waals surface area contributed by atoms with E-state index in [-0.39, 0.29) is 11.6 Å². The molecular formula is C29H28F3N3O2S. The fraction of sp³-hybridized carbons (Fsp3) is 0.241. The van der Waals surface area contributed by atoms with E-state index in [9.17, 15) is 22.8 Å². The van der Waals surface area contributed by atoms with E-state index < -0.39 is 17.6 Å². The van der Waals surface area contributed by atoms with Crippen LogP contribution in [0.25, 0.3) is 11.3 Å². The second-order valence-electron chi connectivity index (χ2n) is 9.00. The highest BCUT2D eigenvalue weighted by Gasteiger charge is 2.30. The first-order valence-corrected chi connectivity index (χ1v) is 13.0. The number of anilines is 1. The zero-order chi connectivity index (χ0) is 27.3. The van der Waals surface area contributed by atoms with Gasteiger partial charge in [0.25, 0.3) is 5.91 Å². The van der Waals surface area contributed by atoms with Crippen molar-refractivity contribution < 1.29 is 22.8 Å². The molecule has 198 valence electrons. The molecule has 0 aliphatic rings. The number of nitrogens with zero attached hydrogens (tertiary/aromatic N) is 2. The summed E-state index contributed by atoms with van der Waals surface area (Å²) in [4.78, 5) is 28.5. The fourth-order valence-electron chi connectivity index (χ4n) is 4.27. The number of hydrogen-bond donors (Lipinski definition) is 1. The first kappa shape index (κ1) is 27.2. The van der Waals surface area contributed by atoms with Gasteiger partial charge in [-0.3, -0.25) is 9.59 Å². The number of nitrogens with one attached hydrogen (secondary N) is 1. The van der Waals surface area contributed by atoms with Crippen molar-refractivity contribution in [1.82, 2.24) is 9.47 Å². The Morgan fingerprint density at radius 1 is 1.00 bits per heavy atom. The highest BCUT2D eigenvalue weighted by Crippen LogP contribution is 2.31. The van der Waals surface area contributed by atoms with Crippen LogP contribution in [0.5, 0.6) is 0 Å². The van der Waals surface area contributed by atoms with Crippen LogP contribution in [0.4, 0.5) is 18.9 Å². The van der Waals surface area contributed by atoms with Crippen LogP contribution in [-0.2, 0) is 23.9 Å². The third kappa shape index (κ3) is 6.52. The summed E-state index contributed by atoms with van der Waals surface area (Å²) in [5, 5.41) is 4.56. The summed E-state index contributed by atoms with van der Waals surface area (Å²) in [7, 11) is 1.78. The number of likely N-dealkylation sites (N-methyl/N-ethyl adjacent to an activating group) is 1. The highest BCUT2D eigenvalue weighted by atomic mass is 32.1. The minimum atomic E-state index is -4.50. The molecule has 4 rings (SSSR count). The molecule has 0 saturated heterocycles. The zero-order valence-corrected chi connectivity index (χ0v) is 21.9. The predicted molar refractivity (Wildman–Crippen MR) is 144 cm³/mol. The van der Waals surface area contributed by atoms with Crippen molar-refractivity contribution in [2.24, 2.45) is 0 Å². The van der Waals surface area contributed by atoms with Gasteiger partial charge in [-0.15, -0.1) is 11.3 Å². The Hall–Kier alpha value is -3.85. The Bertz CT molecular complexity index is 1400. The maximum Gasteiger partial charge on any atom is 0.416 e. The number of alkyl halides is 3. The molecule has 2 aromatic heterocycles. The van der Waals surface area contributed by atoms with Gasteiger partial charge < -0.3 is 14.8 Å². The van der Waals surface area contributed by atoms with Crippen LogP contribution >= 0.6 is 11.3 Å². The van der Waals surface area contributed by atoms with Crippen LogP contribution in [0, 0.1) is 6.92 Å². The molecule has 0 bridgehead atoms. The van der Waals surface area contributed by atoms with Crippen LogP contribution in [0.15, 0.2) is 78.2 Å². The van der Waals surface area contributed by atoms with Gasteiger partial charge in [-0.2, -0.15) is 13.2 Å². The van der Waals surface area contributed by atoms with E-state index in [1.54, 1.807) is 29.4 Å². The average Bonchev–Trinajstić information content (AvgIpc) is 3.52. The number of aromatic nitrogens is 1. The largest absolute Gasteiger partial charge is 0.416 e. The average molecular weight is 540 g/mol. The quantitative estimate of drug-likeness (QED) is 0.252. The lowest BCUT2D eigenvalue weighted by molar-refractivity contribution is -0.137. The molecule has 0 aliphatic carbocycles. The number of thiophene rings is 1. The number of amides is 2. The van der Waals surface area contributed by atoms with Gasteiger partial charge in [0.15, 0.2) is 0 Å². The van der Waals surface area contributed by atoms with Crippen molar-refractivity contribution in [2.45, 2.75) is 32.5 Å². The van der Waals surface area contributed by atoms with E-state index in [0.717, 1.165) is 28.3 Å². The minimum absolute atomic E-state index is 0.0427. The standard InChI is InChI=1S/C29H28F3N3O2S/c1-20-25(28(37)33-23-12-6-11-22(17-23)29(30,31)32)19-26(21-9-4-3-5-10-21)35(20)15-8-14-34(2)27(36)18-24-13-7-16-38-24/h3-7,9-13,16-17,19H,8,14-15,18H2,1-2H3,(H,33,37). The first-order valence-electron chi connectivity index (χ1n) is 12.1. The van der Waals surface area contributed by atoms with Crippen molar-refractivity contribution in [2.75, 3.05) is 18.9 Å². The van der Waals surface area contributed by atoms with Crippen LogP contribution in [-0.4, -0.2) is 34.9 Å². The molecule has 4 aromatic rings. The fourth-order valence-corrected chi connectivity index (χ4v) is 4.97. The molecule has 2 amide bonds. The van der Waals surface area contributed by atoms with Crippen LogP contribution < -0.4 is 5.32 Å². The van der Waals surface area contributed by atoms with Gasteiger partial charge >= 0.3 is 6.18 Å². The van der Waals surface area contributed by atoms with Gasteiger partial charge in [-0.1, -0.05) is 42.5 Å². The lowest BCUT2D eigenvalue weighted by Crippen LogP contribution is -2.29. The Morgan fingerprint density at radius 3 is 2.45 bits per heavy atom. The highest BCUT2D eigenvalue weighted by molar-refractivity contribution is 7.10. The van der Waals surface area contributed by atoms with Crippen LogP contribution in [0.2, 0.25) is 0 Å². The predicted octanol–water partition coefficient (Wildman–Crippen LogP) is 6.89. The number of hydrogen-bond acceptors (Lipinski definition) is 3. The molecule has 5 nitrogen and oxygen atoms in total. The van der Waals surface area contributed by atoms with Crippen molar-refractivity contribution >= 4 is 28.8 Å². The van der Waals surface area contributed by atoms with Gasteiger partial charge in [-0.05, 0) is 54.6 Å². The Morgan fingerprint density at radius 2 is 1.76 bits per heavy atom. The summed E-state index contributed by atoms with van der Waals surface area (Å²) in [6.45, 7) is 2.92. The van der Waals surface area contributed by atoms with E-state index in [4.69, 9.17) is 0 Å². The van der Waals surface area contributed by atoms with Gasteiger partial charge in [0.1, 0.15) is 0 Å². The van der Waals surface area contributed by atoms with Gasteiger partial charge in [-0.25, -0.2) is 0 Å². The second-order valence-corrected chi connectivity index (χ2v) is 10.0. The summed E-state index contributed by atoms with van der Waals surface area (Å²) in [5.74, 6) is -0.442. The molecule has 38 heavy (non-hydrogen) atoms. The van der Waals surface area contributed by atoms with Crippen LogP contribution in [0.1, 0.15) is 32.9 Å². The van der Waals surface area contributed by atoms with Crippen molar-refractivity contribution in [3.8, 4) is 11.3 Å². The SMILES string of the molecule is Cc1c(C(=O)Nc2cccc(C(F)(F)F)c2)cc(-c2ccccc2)n1CCCN(C)C(=O)Cc1cccs1. The second kappa shape index (κ2) is 11.7. The Kier molecular flexibility index (Phi) is 8.36. The maximum absolute atomic E-state index is 13.2. The molecule has 0 atom stereocenters. The molecule has 0 unspecified atom stereocenters. The molecular weight excluding hydrogens is 511 g/mol. The van der Waals surface area contributed by atoms with Gasteiger partial charge in [0.05, 0.1) is 17.5 Å². The number of carbonyl (C=O) groups excluding carboxylic acids is 2. The summed E-state index contributed by atoms with van der Waals surface area (Å²) in [5.41, 5.74) is 2.06. The summed E-state index contributed by atoms with van der Waals surface area (Å²) < 4.78 is 41.4. The number of rotatable bonds is 9. The van der Waals surface area contributed by atoms with Gasteiger partial charge in [0, 0.05) is 42.1 Å². The number of carbonyl (C=O) groups is 2. The summed E-state index contributed by atoms with van der Waals surface area (Å²) in [6.07, 6.45) is -3.47. The normalized spacial score (nSPS) is 11.4. The molecule has 0 spiro atoms. The molecule has 0 radical (unpaired) electrons. The third-order valence-corrected chi connectivity index (χ3v) is 7.21. The van der Waals surface area contributed by atoms with E-state index in [2.05, 4.69) is 5.32 Å². The molecule has 9 heteroatoms. The molecule has 0 saturated carbocycles. The Balaban J connectivity index is 1.52. The third-order valence-electron chi connectivity index (χ3n) is 6.34. The monoisotopic (exact) mass is 539 g/mol. The Labute approximate surface area is 223 Å². The van der Waals surface area contributed by atoms with Crippen molar-refractivity contribution in [1.29, 1.82) is 0 Å². The number of benzene rings is 2. The minimum Gasteiger partial charge on any atom is -0.345 e. The number of halogens is 3. The molecule has 1 N–H and O–H groups in total. The van der Waals surface area contributed by atoms with E-state index in [1.807, 2.05) is 59.3 Å².